The molecule has 0 aliphatic carbocycles. The van der Waals surface area contributed by atoms with E-state index >= 15 is 0 Å². The van der Waals surface area contributed by atoms with E-state index in [1.807, 2.05) is 0 Å². The molecule has 0 aromatic rings. The fourth-order valence-electron chi connectivity index (χ4n) is 8.60. The lowest BCUT2D eigenvalue weighted by atomic mass is 10.1. The van der Waals surface area contributed by atoms with Crippen LogP contribution < -0.4 is 0 Å². The number of rotatable bonds is 54. The SMILES string of the molecule is CCCCCC/C=C\CCCCCCCCCC(=O)OC[C@@H](COC(=O)CCCCCCCCCCC/C=C\CCCCCCCC)OC(=O)CCCCCCCCC/C=C\CCCCCC. The van der Waals surface area contributed by atoms with Gasteiger partial charge in [-0.2, -0.15) is 0 Å². The molecule has 0 spiro atoms. The van der Waals surface area contributed by atoms with E-state index in [0.717, 1.165) is 57.8 Å². The molecule has 0 rings (SSSR count). The molecule has 0 unspecified atom stereocenters. The molecule has 0 saturated carbocycles. The molecule has 0 aliphatic heterocycles. The zero-order valence-corrected chi connectivity index (χ0v) is 44.9. The van der Waals surface area contributed by atoms with E-state index in [1.54, 1.807) is 0 Å². The van der Waals surface area contributed by atoms with Crippen LogP contribution in [0.2, 0.25) is 0 Å². The van der Waals surface area contributed by atoms with E-state index < -0.39 is 6.10 Å². The average molecular weight is 942 g/mol. The minimum atomic E-state index is -0.775. The van der Waals surface area contributed by atoms with Crippen LogP contribution in [-0.2, 0) is 28.6 Å². The summed E-state index contributed by atoms with van der Waals surface area (Å²) in [7, 11) is 0. The van der Waals surface area contributed by atoms with Crippen LogP contribution in [0.3, 0.4) is 0 Å². The third-order valence-corrected chi connectivity index (χ3v) is 13.1. The van der Waals surface area contributed by atoms with E-state index in [-0.39, 0.29) is 31.1 Å². The number of allylic oxidation sites excluding steroid dienone is 6. The van der Waals surface area contributed by atoms with Crippen molar-refractivity contribution in [2.75, 3.05) is 13.2 Å². The van der Waals surface area contributed by atoms with Gasteiger partial charge in [-0.25, -0.2) is 0 Å². The summed E-state index contributed by atoms with van der Waals surface area (Å²) in [4.78, 5) is 38.2. The smallest absolute Gasteiger partial charge is 0.306 e. The number of hydrogen-bond donors (Lipinski definition) is 0. The molecule has 0 aromatic carbocycles. The summed E-state index contributed by atoms with van der Waals surface area (Å²) in [6, 6.07) is 0. The molecule has 0 saturated heterocycles. The van der Waals surface area contributed by atoms with Crippen molar-refractivity contribution in [1.82, 2.24) is 0 Å². The van der Waals surface area contributed by atoms with Crippen LogP contribution in [0, 0.1) is 0 Å². The minimum absolute atomic E-state index is 0.0738. The topological polar surface area (TPSA) is 78.9 Å². The zero-order valence-electron chi connectivity index (χ0n) is 44.9. The summed E-state index contributed by atoms with van der Waals surface area (Å²) in [5, 5.41) is 0. The first kappa shape index (κ1) is 64.6. The van der Waals surface area contributed by atoms with Crippen LogP contribution in [0.5, 0.6) is 0 Å². The molecule has 6 nitrogen and oxygen atoms in total. The third kappa shape index (κ3) is 54.4. The molecule has 1 atom stereocenters. The number of carbonyl (C=O) groups excluding carboxylic acids is 3. The number of unbranched alkanes of at least 4 members (excludes halogenated alkanes) is 37. The quantitative estimate of drug-likeness (QED) is 0.0262. The third-order valence-electron chi connectivity index (χ3n) is 13.1. The highest BCUT2D eigenvalue weighted by atomic mass is 16.6. The fourth-order valence-corrected chi connectivity index (χ4v) is 8.60. The van der Waals surface area contributed by atoms with Crippen LogP contribution in [0.25, 0.3) is 0 Å². The summed E-state index contributed by atoms with van der Waals surface area (Å²) in [6.45, 7) is 6.64. The van der Waals surface area contributed by atoms with E-state index in [1.165, 1.54) is 218 Å². The van der Waals surface area contributed by atoms with Gasteiger partial charge in [-0.05, 0) is 96.3 Å². The highest BCUT2D eigenvalue weighted by Gasteiger charge is 2.19. The summed E-state index contributed by atoms with van der Waals surface area (Å²) in [5.41, 5.74) is 0. The second kappa shape index (κ2) is 56.2. The Labute approximate surface area is 416 Å². The van der Waals surface area contributed by atoms with Crippen molar-refractivity contribution in [2.24, 2.45) is 0 Å². The summed E-state index contributed by atoms with van der Waals surface area (Å²) < 4.78 is 16.9. The Hall–Kier alpha value is -2.37. The summed E-state index contributed by atoms with van der Waals surface area (Å²) >= 11 is 0. The van der Waals surface area contributed by atoms with Crippen molar-refractivity contribution in [3.05, 3.63) is 36.5 Å². The van der Waals surface area contributed by atoms with E-state index in [2.05, 4.69) is 57.2 Å². The first-order valence-corrected chi connectivity index (χ1v) is 29.5. The van der Waals surface area contributed by atoms with Gasteiger partial charge in [-0.3, -0.25) is 14.4 Å². The van der Waals surface area contributed by atoms with Crippen LogP contribution in [0.4, 0.5) is 0 Å². The maximum absolute atomic E-state index is 12.9. The number of ether oxygens (including phenoxy) is 3. The standard InChI is InChI=1S/C61H112O6/c1-4-7-10-13-16-19-22-25-28-29-30-31-34-36-39-42-45-48-51-54-60(63)66-57-58(67-61(64)55-52-49-46-43-40-37-33-27-24-21-18-15-12-9-6-3)56-65-59(62)53-50-47-44-41-38-35-32-26-23-20-17-14-11-8-5-2/h20-21,23-25,28,58H,4-19,22,26-27,29-57H2,1-3H3/b23-20-,24-21-,28-25-/t58-/m0/s1. The highest BCUT2D eigenvalue weighted by Crippen LogP contribution is 2.16. The predicted molar refractivity (Wildman–Crippen MR) is 289 cm³/mol. The molecule has 392 valence electrons. The van der Waals surface area contributed by atoms with E-state index in [9.17, 15) is 14.4 Å². The number of hydrogen-bond acceptors (Lipinski definition) is 6. The summed E-state index contributed by atoms with van der Waals surface area (Å²) in [6.07, 6.45) is 67.0. The molecule has 67 heavy (non-hydrogen) atoms. The van der Waals surface area contributed by atoms with Gasteiger partial charge in [0.1, 0.15) is 13.2 Å². The lowest BCUT2D eigenvalue weighted by molar-refractivity contribution is -0.167. The van der Waals surface area contributed by atoms with Crippen molar-refractivity contribution in [1.29, 1.82) is 0 Å². The Bertz CT molecular complexity index is 1130. The Morgan fingerprint density at radius 3 is 0.761 bits per heavy atom. The van der Waals surface area contributed by atoms with Gasteiger partial charge >= 0.3 is 17.9 Å². The molecular formula is C61H112O6. The van der Waals surface area contributed by atoms with Crippen molar-refractivity contribution >= 4 is 17.9 Å². The zero-order chi connectivity index (χ0) is 48.6. The maximum atomic E-state index is 12.9. The van der Waals surface area contributed by atoms with Gasteiger partial charge in [0.2, 0.25) is 0 Å². The van der Waals surface area contributed by atoms with Crippen LogP contribution in [-0.4, -0.2) is 37.2 Å². The highest BCUT2D eigenvalue weighted by molar-refractivity contribution is 5.71. The normalized spacial score (nSPS) is 12.2. The fraction of sp³-hybridized carbons (Fsp3) is 0.852. The first-order valence-electron chi connectivity index (χ1n) is 29.5. The monoisotopic (exact) mass is 941 g/mol. The first-order chi connectivity index (χ1) is 33.0. The van der Waals surface area contributed by atoms with Gasteiger partial charge in [-0.15, -0.1) is 0 Å². The van der Waals surface area contributed by atoms with Gasteiger partial charge in [0.05, 0.1) is 0 Å². The molecule has 0 N–H and O–H groups in total. The molecule has 0 fully saturated rings. The maximum Gasteiger partial charge on any atom is 0.306 e. The Kier molecular flexibility index (Phi) is 54.2. The van der Waals surface area contributed by atoms with Gasteiger partial charge in [0.15, 0.2) is 6.10 Å². The summed E-state index contributed by atoms with van der Waals surface area (Å²) in [5.74, 6) is -0.868. The largest absolute Gasteiger partial charge is 0.462 e. The average Bonchev–Trinajstić information content (AvgIpc) is 3.33. The van der Waals surface area contributed by atoms with Crippen molar-refractivity contribution in [2.45, 2.75) is 322 Å². The van der Waals surface area contributed by atoms with Gasteiger partial charge in [0.25, 0.3) is 0 Å². The van der Waals surface area contributed by atoms with Gasteiger partial charge in [0, 0.05) is 19.3 Å². The van der Waals surface area contributed by atoms with Crippen LogP contribution in [0.15, 0.2) is 36.5 Å². The second-order valence-corrected chi connectivity index (χ2v) is 19.9. The van der Waals surface area contributed by atoms with Crippen molar-refractivity contribution < 1.29 is 28.6 Å². The van der Waals surface area contributed by atoms with Crippen LogP contribution in [0.1, 0.15) is 316 Å². The molecule has 0 aromatic heterocycles. The van der Waals surface area contributed by atoms with Crippen molar-refractivity contribution in [3.8, 4) is 0 Å². The Balaban J connectivity index is 4.34. The molecule has 0 aliphatic rings. The molecule has 6 heteroatoms. The number of esters is 3. The molecule has 0 heterocycles. The van der Waals surface area contributed by atoms with E-state index in [0.29, 0.717) is 19.3 Å². The molecular weight excluding hydrogens is 829 g/mol. The Morgan fingerprint density at radius 2 is 0.493 bits per heavy atom. The van der Waals surface area contributed by atoms with Gasteiger partial charge in [-0.1, -0.05) is 237 Å². The van der Waals surface area contributed by atoms with Crippen LogP contribution >= 0.6 is 0 Å². The Morgan fingerprint density at radius 1 is 0.284 bits per heavy atom. The molecule has 0 radical (unpaired) electrons. The minimum Gasteiger partial charge on any atom is -0.462 e. The van der Waals surface area contributed by atoms with Crippen molar-refractivity contribution in [3.63, 3.8) is 0 Å². The van der Waals surface area contributed by atoms with Gasteiger partial charge < -0.3 is 14.2 Å². The lowest BCUT2D eigenvalue weighted by Gasteiger charge is -2.18. The lowest BCUT2D eigenvalue weighted by Crippen LogP contribution is -2.30. The number of carbonyl (C=O) groups is 3. The molecule has 0 amide bonds. The second-order valence-electron chi connectivity index (χ2n) is 19.9. The predicted octanol–water partition coefficient (Wildman–Crippen LogP) is 19.7. The molecule has 0 bridgehead atoms. The van der Waals surface area contributed by atoms with E-state index in [4.69, 9.17) is 14.2 Å².